The Kier molecular flexibility index (Phi) is 4.11. The molecule has 3 heteroatoms. The fraction of sp³-hybridized carbons (Fsp3) is 0.0278. The Balaban J connectivity index is 1.50. The SMILES string of the molecule is C1=Nc2cccc(-n3c4ccccc4c4cc5c(cc43)c3ccc4ccccc4c3n5-c3ccccc3)c2C1. The van der Waals surface area contributed by atoms with Crippen LogP contribution in [-0.2, 0) is 6.42 Å². The summed E-state index contributed by atoms with van der Waals surface area (Å²) >= 11 is 0. The molecule has 8 aromatic rings. The van der Waals surface area contributed by atoms with Crippen molar-refractivity contribution in [2.45, 2.75) is 6.42 Å². The van der Waals surface area contributed by atoms with Gasteiger partial charge in [-0.3, -0.25) is 4.99 Å². The lowest BCUT2D eigenvalue weighted by Crippen LogP contribution is -1.98. The predicted octanol–water partition coefficient (Wildman–Crippen LogP) is 9.29. The molecule has 1 aliphatic rings. The molecular weight excluding hydrogens is 474 g/mol. The zero-order valence-corrected chi connectivity index (χ0v) is 21.2. The van der Waals surface area contributed by atoms with Crippen LogP contribution >= 0.6 is 0 Å². The summed E-state index contributed by atoms with van der Waals surface area (Å²) < 4.78 is 4.90. The van der Waals surface area contributed by atoms with Gasteiger partial charge in [0.2, 0.25) is 0 Å². The van der Waals surface area contributed by atoms with E-state index < -0.39 is 0 Å². The Morgan fingerprint density at radius 2 is 1.26 bits per heavy atom. The lowest BCUT2D eigenvalue weighted by atomic mass is 10.0. The van der Waals surface area contributed by atoms with E-state index in [4.69, 9.17) is 0 Å². The molecule has 0 aliphatic carbocycles. The van der Waals surface area contributed by atoms with Crippen molar-refractivity contribution in [1.29, 1.82) is 0 Å². The number of nitrogens with zero attached hydrogens (tertiary/aromatic N) is 3. The lowest BCUT2D eigenvalue weighted by molar-refractivity contribution is 1.14. The molecule has 9 rings (SSSR count). The molecule has 3 nitrogen and oxygen atoms in total. The van der Waals surface area contributed by atoms with E-state index in [1.165, 1.54) is 71.3 Å². The van der Waals surface area contributed by atoms with Gasteiger partial charge in [0.15, 0.2) is 0 Å². The van der Waals surface area contributed by atoms with Gasteiger partial charge in [-0.15, -0.1) is 0 Å². The quantitative estimate of drug-likeness (QED) is 0.227. The maximum absolute atomic E-state index is 4.64. The van der Waals surface area contributed by atoms with Gasteiger partial charge in [-0.25, -0.2) is 0 Å². The first kappa shape index (κ1) is 20.9. The molecule has 6 aromatic carbocycles. The number of aliphatic imine (C=N–C) groups is 1. The summed E-state index contributed by atoms with van der Waals surface area (Å²) in [6.07, 6.45) is 2.89. The smallest absolute Gasteiger partial charge is 0.0682 e. The van der Waals surface area contributed by atoms with Crippen LogP contribution in [0.25, 0.3) is 65.8 Å². The van der Waals surface area contributed by atoms with Gasteiger partial charge in [-0.05, 0) is 47.9 Å². The molecule has 182 valence electrons. The predicted molar refractivity (Wildman–Crippen MR) is 164 cm³/mol. The van der Waals surface area contributed by atoms with Crippen molar-refractivity contribution in [1.82, 2.24) is 9.13 Å². The summed E-state index contributed by atoms with van der Waals surface area (Å²) in [5.74, 6) is 0. The number of aromatic nitrogens is 2. The third kappa shape index (κ3) is 2.79. The number of rotatable bonds is 2. The molecule has 3 heterocycles. The second-order valence-electron chi connectivity index (χ2n) is 10.4. The Morgan fingerprint density at radius 1 is 0.513 bits per heavy atom. The molecule has 1 aliphatic heterocycles. The minimum Gasteiger partial charge on any atom is -0.309 e. The van der Waals surface area contributed by atoms with E-state index in [1.807, 2.05) is 6.21 Å². The molecule has 0 unspecified atom stereocenters. The number of hydrogen-bond donors (Lipinski definition) is 0. The molecule has 0 fully saturated rings. The fourth-order valence-electron chi connectivity index (χ4n) is 6.68. The fourth-order valence-corrected chi connectivity index (χ4v) is 6.68. The maximum atomic E-state index is 4.64. The van der Waals surface area contributed by atoms with Gasteiger partial charge in [0.05, 0.1) is 33.4 Å². The Bertz CT molecular complexity index is 2300. The van der Waals surface area contributed by atoms with Crippen molar-refractivity contribution in [3.63, 3.8) is 0 Å². The first-order chi connectivity index (χ1) is 19.4. The molecule has 0 bridgehead atoms. The minimum absolute atomic E-state index is 0.862. The van der Waals surface area contributed by atoms with Gasteiger partial charge in [-0.1, -0.05) is 78.9 Å². The van der Waals surface area contributed by atoms with Gasteiger partial charge >= 0.3 is 0 Å². The summed E-state index contributed by atoms with van der Waals surface area (Å²) in [5.41, 5.74) is 9.69. The van der Waals surface area contributed by atoms with Gasteiger partial charge in [-0.2, -0.15) is 0 Å². The van der Waals surface area contributed by atoms with Crippen molar-refractivity contribution in [2.24, 2.45) is 4.99 Å². The maximum Gasteiger partial charge on any atom is 0.0682 e. The first-order valence-electron chi connectivity index (χ1n) is 13.5. The van der Waals surface area contributed by atoms with Crippen molar-refractivity contribution < 1.29 is 0 Å². The summed E-state index contributed by atoms with van der Waals surface area (Å²) in [5, 5.41) is 7.59. The van der Waals surface area contributed by atoms with Crippen LogP contribution in [0.3, 0.4) is 0 Å². The Hall–Kier alpha value is -5.15. The molecule has 0 N–H and O–H groups in total. The molecule has 0 amide bonds. The highest BCUT2D eigenvalue weighted by Crippen LogP contribution is 2.42. The molecule has 39 heavy (non-hydrogen) atoms. The number of hydrogen-bond acceptors (Lipinski definition) is 1. The lowest BCUT2D eigenvalue weighted by Gasteiger charge is -2.12. The monoisotopic (exact) mass is 497 g/mol. The average Bonchev–Trinajstić information content (AvgIpc) is 3.69. The minimum atomic E-state index is 0.862. The van der Waals surface area contributed by atoms with Crippen LogP contribution in [0.1, 0.15) is 5.56 Å². The van der Waals surface area contributed by atoms with Crippen LogP contribution in [0.4, 0.5) is 5.69 Å². The van der Waals surface area contributed by atoms with Crippen LogP contribution in [0, 0.1) is 0 Å². The molecule has 0 saturated heterocycles. The molecule has 0 saturated carbocycles. The Labute approximate surface area is 224 Å². The molecule has 0 spiro atoms. The number of para-hydroxylation sites is 2. The molecule has 0 atom stereocenters. The van der Waals surface area contributed by atoms with E-state index in [9.17, 15) is 0 Å². The van der Waals surface area contributed by atoms with Crippen molar-refractivity contribution >= 4 is 66.3 Å². The average molecular weight is 498 g/mol. The van der Waals surface area contributed by atoms with Gasteiger partial charge < -0.3 is 9.13 Å². The number of fused-ring (bicyclic) bond motifs is 9. The third-order valence-electron chi connectivity index (χ3n) is 8.35. The topological polar surface area (TPSA) is 22.2 Å². The van der Waals surface area contributed by atoms with Gasteiger partial charge in [0, 0.05) is 50.8 Å². The highest BCUT2D eigenvalue weighted by atomic mass is 15.0. The molecule has 0 radical (unpaired) electrons. The summed E-state index contributed by atoms with van der Waals surface area (Å²) in [6, 6.07) is 44.1. The van der Waals surface area contributed by atoms with E-state index in [0.29, 0.717) is 0 Å². The zero-order valence-electron chi connectivity index (χ0n) is 21.2. The zero-order chi connectivity index (χ0) is 25.5. The van der Waals surface area contributed by atoms with Gasteiger partial charge in [0.25, 0.3) is 0 Å². The van der Waals surface area contributed by atoms with Crippen LogP contribution in [0.5, 0.6) is 0 Å². The summed E-state index contributed by atoms with van der Waals surface area (Å²) in [7, 11) is 0. The third-order valence-corrected chi connectivity index (χ3v) is 8.35. The molecular formula is C36H23N3. The second-order valence-corrected chi connectivity index (χ2v) is 10.4. The van der Waals surface area contributed by atoms with E-state index >= 15 is 0 Å². The van der Waals surface area contributed by atoms with Crippen molar-refractivity contribution in [2.75, 3.05) is 0 Å². The van der Waals surface area contributed by atoms with Crippen molar-refractivity contribution in [3.05, 3.63) is 127 Å². The van der Waals surface area contributed by atoms with Crippen LogP contribution in [-0.4, -0.2) is 15.3 Å². The van der Waals surface area contributed by atoms with Crippen LogP contribution in [0.15, 0.2) is 126 Å². The second kappa shape index (κ2) is 7.68. The van der Waals surface area contributed by atoms with E-state index in [0.717, 1.165) is 12.1 Å². The largest absolute Gasteiger partial charge is 0.309 e. The van der Waals surface area contributed by atoms with Gasteiger partial charge in [0.1, 0.15) is 0 Å². The highest BCUT2D eigenvalue weighted by molar-refractivity contribution is 6.23. The first-order valence-corrected chi connectivity index (χ1v) is 13.5. The van der Waals surface area contributed by atoms with E-state index in [-0.39, 0.29) is 0 Å². The van der Waals surface area contributed by atoms with E-state index in [2.05, 4.69) is 135 Å². The summed E-state index contributed by atoms with van der Waals surface area (Å²) in [4.78, 5) is 4.64. The van der Waals surface area contributed by atoms with E-state index in [1.54, 1.807) is 0 Å². The van der Waals surface area contributed by atoms with Crippen LogP contribution < -0.4 is 0 Å². The highest BCUT2D eigenvalue weighted by Gasteiger charge is 2.21. The molecule has 2 aromatic heterocycles. The normalized spacial score (nSPS) is 12.9. The standard InChI is InChI=1S/C36H23N3/c1-2-10-24(11-3-1)38-34-21-29-26-13-6-7-15-32(26)39(33-16-8-14-31-28(33)19-20-37-31)35(29)22-30(34)27-18-17-23-9-4-5-12-25(23)36(27)38/h1-18,20-22H,19H2. The number of benzene rings is 6. The van der Waals surface area contributed by atoms with Crippen molar-refractivity contribution in [3.8, 4) is 11.4 Å². The summed E-state index contributed by atoms with van der Waals surface area (Å²) in [6.45, 7) is 0. The van der Waals surface area contributed by atoms with Crippen LogP contribution in [0.2, 0.25) is 0 Å². The Morgan fingerprint density at radius 3 is 2.15 bits per heavy atom.